The third-order valence-corrected chi connectivity index (χ3v) is 4.80. The Morgan fingerprint density at radius 3 is 2.53 bits per heavy atom. The smallest absolute Gasteiger partial charge is 0.227 e. The fourth-order valence-corrected chi connectivity index (χ4v) is 3.34. The molecule has 2 aromatic rings. The number of ether oxygens (including phenoxy) is 1. The highest BCUT2D eigenvalue weighted by molar-refractivity contribution is 14.0. The molecule has 0 aliphatic carbocycles. The van der Waals surface area contributed by atoms with Crippen LogP contribution >= 0.6 is 24.0 Å². The van der Waals surface area contributed by atoms with Crippen molar-refractivity contribution in [2.45, 2.75) is 39.8 Å². The van der Waals surface area contributed by atoms with Gasteiger partial charge in [-0.25, -0.2) is 4.99 Å². The number of nitrogens with one attached hydrogen (secondary N) is 2. The van der Waals surface area contributed by atoms with Gasteiger partial charge in [-0.05, 0) is 44.0 Å². The first-order valence-electron chi connectivity index (χ1n) is 10.3. The molecule has 1 aliphatic rings. The van der Waals surface area contributed by atoms with Crippen molar-refractivity contribution >= 4 is 41.5 Å². The maximum Gasteiger partial charge on any atom is 0.227 e. The quantitative estimate of drug-likeness (QED) is 0.312. The maximum atomic E-state index is 11.9. The molecule has 1 aliphatic heterocycles. The fraction of sp³-hybridized carbons (Fsp3) is 0.391. The molecule has 1 amide bonds. The first-order chi connectivity index (χ1) is 14.2. The van der Waals surface area contributed by atoms with Gasteiger partial charge < -0.3 is 20.3 Å². The highest BCUT2D eigenvalue weighted by Crippen LogP contribution is 2.22. The standard InChI is InChI=1S/C23H30N4O2.HI/c1-3-24-23(26-17-19-8-5-6-9-21(19)29-4-2)25-16-18-11-13-20(14-12-18)27-15-7-10-22(27)28;/h5-6,8-9,11-14H,3-4,7,10,15-17H2,1-2H3,(H2,24,25,26);1H. The minimum absolute atomic E-state index is 0. The number of nitrogens with zero attached hydrogens (tertiary/aromatic N) is 2. The number of hydrogen-bond donors (Lipinski definition) is 2. The van der Waals surface area contributed by atoms with Gasteiger partial charge in [-0.2, -0.15) is 0 Å². The molecule has 0 radical (unpaired) electrons. The summed E-state index contributed by atoms with van der Waals surface area (Å²) < 4.78 is 5.69. The molecule has 6 nitrogen and oxygen atoms in total. The lowest BCUT2D eigenvalue weighted by molar-refractivity contribution is -0.117. The number of benzene rings is 2. The van der Waals surface area contributed by atoms with Crippen LogP contribution in [0.25, 0.3) is 0 Å². The molecule has 0 atom stereocenters. The second-order valence-electron chi connectivity index (χ2n) is 6.90. The topological polar surface area (TPSA) is 66.0 Å². The lowest BCUT2D eigenvalue weighted by Gasteiger charge is -2.16. The van der Waals surface area contributed by atoms with E-state index in [0.717, 1.165) is 48.0 Å². The molecule has 162 valence electrons. The average Bonchev–Trinajstić information content (AvgIpc) is 3.17. The van der Waals surface area contributed by atoms with Gasteiger partial charge in [0.15, 0.2) is 5.96 Å². The number of hydrogen-bond acceptors (Lipinski definition) is 3. The first kappa shape index (κ1) is 24.0. The molecule has 0 saturated carbocycles. The van der Waals surface area contributed by atoms with Gasteiger partial charge in [-0.15, -0.1) is 24.0 Å². The summed E-state index contributed by atoms with van der Waals surface area (Å²) in [4.78, 5) is 18.4. The van der Waals surface area contributed by atoms with Crippen LogP contribution in [0.5, 0.6) is 5.75 Å². The first-order valence-corrected chi connectivity index (χ1v) is 10.3. The molecule has 0 unspecified atom stereocenters. The summed E-state index contributed by atoms with van der Waals surface area (Å²) in [6, 6.07) is 16.1. The van der Waals surface area contributed by atoms with E-state index in [1.54, 1.807) is 0 Å². The molecule has 1 fully saturated rings. The van der Waals surface area contributed by atoms with Crippen molar-refractivity contribution in [3.63, 3.8) is 0 Å². The van der Waals surface area contributed by atoms with Crippen LogP contribution in [0, 0.1) is 0 Å². The number of para-hydroxylation sites is 1. The molecule has 7 heteroatoms. The second-order valence-corrected chi connectivity index (χ2v) is 6.90. The Kier molecular flexibility index (Phi) is 9.93. The summed E-state index contributed by atoms with van der Waals surface area (Å²) in [5.41, 5.74) is 3.17. The van der Waals surface area contributed by atoms with Crippen molar-refractivity contribution in [3.05, 3.63) is 59.7 Å². The number of anilines is 1. The van der Waals surface area contributed by atoms with Gasteiger partial charge in [0.2, 0.25) is 5.91 Å². The largest absolute Gasteiger partial charge is 0.494 e. The van der Waals surface area contributed by atoms with Crippen molar-refractivity contribution in [1.82, 2.24) is 10.6 Å². The van der Waals surface area contributed by atoms with Gasteiger partial charge >= 0.3 is 0 Å². The Morgan fingerprint density at radius 2 is 1.87 bits per heavy atom. The summed E-state index contributed by atoms with van der Waals surface area (Å²) in [6.07, 6.45) is 1.59. The van der Waals surface area contributed by atoms with Crippen LogP contribution in [0.3, 0.4) is 0 Å². The number of guanidine groups is 1. The van der Waals surface area contributed by atoms with E-state index in [0.29, 0.717) is 26.1 Å². The van der Waals surface area contributed by atoms with Crippen molar-refractivity contribution in [1.29, 1.82) is 0 Å². The minimum Gasteiger partial charge on any atom is -0.494 e. The van der Waals surface area contributed by atoms with Gasteiger partial charge in [-0.3, -0.25) is 4.79 Å². The zero-order valence-electron chi connectivity index (χ0n) is 17.7. The molecule has 0 spiro atoms. The molecular weight excluding hydrogens is 491 g/mol. The van der Waals surface area contributed by atoms with E-state index in [-0.39, 0.29) is 29.9 Å². The lowest BCUT2D eigenvalue weighted by Crippen LogP contribution is -2.36. The van der Waals surface area contributed by atoms with Gasteiger partial charge in [-0.1, -0.05) is 30.3 Å². The molecule has 30 heavy (non-hydrogen) atoms. The zero-order valence-corrected chi connectivity index (χ0v) is 20.0. The minimum atomic E-state index is 0. The third kappa shape index (κ3) is 6.62. The summed E-state index contributed by atoms with van der Waals surface area (Å²) in [7, 11) is 0. The molecular formula is C23H31IN4O2. The van der Waals surface area contributed by atoms with Gasteiger partial charge in [0, 0.05) is 37.3 Å². The number of carbonyl (C=O) groups excluding carboxylic acids is 1. The molecule has 1 heterocycles. The van der Waals surface area contributed by atoms with Crippen molar-refractivity contribution in [2.75, 3.05) is 24.6 Å². The maximum absolute atomic E-state index is 11.9. The summed E-state index contributed by atoms with van der Waals surface area (Å²) in [5, 5.41) is 6.66. The Labute approximate surface area is 196 Å². The van der Waals surface area contributed by atoms with Crippen LogP contribution in [0.1, 0.15) is 37.8 Å². The van der Waals surface area contributed by atoms with E-state index >= 15 is 0 Å². The Morgan fingerprint density at radius 1 is 1.10 bits per heavy atom. The van der Waals surface area contributed by atoms with E-state index in [4.69, 9.17) is 4.74 Å². The average molecular weight is 522 g/mol. The summed E-state index contributed by atoms with van der Waals surface area (Å²) in [6.45, 7) is 7.48. The predicted molar refractivity (Wildman–Crippen MR) is 133 cm³/mol. The van der Waals surface area contributed by atoms with Crippen molar-refractivity contribution < 1.29 is 9.53 Å². The van der Waals surface area contributed by atoms with E-state index in [1.807, 2.05) is 61.2 Å². The van der Waals surface area contributed by atoms with Crippen molar-refractivity contribution in [3.8, 4) is 5.75 Å². The van der Waals surface area contributed by atoms with Crippen LogP contribution in [-0.2, 0) is 17.9 Å². The molecule has 1 saturated heterocycles. The van der Waals surface area contributed by atoms with E-state index in [2.05, 4.69) is 21.7 Å². The number of rotatable bonds is 8. The van der Waals surface area contributed by atoms with Gasteiger partial charge in [0.25, 0.3) is 0 Å². The third-order valence-electron chi connectivity index (χ3n) is 4.80. The molecule has 3 rings (SSSR count). The lowest BCUT2D eigenvalue weighted by atomic mass is 10.2. The number of carbonyl (C=O) groups is 1. The van der Waals surface area contributed by atoms with Crippen LogP contribution in [-0.4, -0.2) is 31.6 Å². The van der Waals surface area contributed by atoms with Gasteiger partial charge in [0.05, 0.1) is 13.2 Å². The summed E-state index contributed by atoms with van der Waals surface area (Å²) >= 11 is 0. The summed E-state index contributed by atoms with van der Waals surface area (Å²) in [5.74, 6) is 1.87. The number of amides is 1. The van der Waals surface area contributed by atoms with E-state index in [1.165, 1.54) is 0 Å². The SMILES string of the molecule is CCNC(=NCc1ccc(N2CCCC2=O)cc1)NCc1ccccc1OCC.I. The van der Waals surface area contributed by atoms with Crippen molar-refractivity contribution in [2.24, 2.45) is 4.99 Å². The van der Waals surface area contributed by atoms with Gasteiger partial charge in [0.1, 0.15) is 5.75 Å². The Balaban J connectivity index is 0.00000320. The normalized spacial score (nSPS) is 13.7. The molecule has 0 aromatic heterocycles. The zero-order chi connectivity index (χ0) is 20.5. The highest BCUT2D eigenvalue weighted by Gasteiger charge is 2.21. The van der Waals surface area contributed by atoms with E-state index < -0.39 is 0 Å². The van der Waals surface area contributed by atoms with E-state index in [9.17, 15) is 4.79 Å². The second kappa shape index (κ2) is 12.4. The number of aliphatic imine (C=N–C) groups is 1. The monoisotopic (exact) mass is 522 g/mol. The van der Waals surface area contributed by atoms with Crippen LogP contribution in [0.15, 0.2) is 53.5 Å². The van der Waals surface area contributed by atoms with Crippen LogP contribution in [0.4, 0.5) is 5.69 Å². The van der Waals surface area contributed by atoms with Crippen LogP contribution < -0.4 is 20.3 Å². The van der Waals surface area contributed by atoms with Crippen LogP contribution in [0.2, 0.25) is 0 Å². The fourth-order valence-electron chi connectivity index (χ4n) is 3.34. The molecule has 0 bridgehead atoms. The Hall–Kier alpha value is -2.29. The Bertz CT molecular complexity index is 839. The molecule has 2 N–H and O–H groups in total. The highest BCUT2D eigenvalue weighted by atomic mass is 127. The molecule has 2 aromatic carbocycles. The predicted octanol–water partition coefficient (Wildman–Crippen LogP) is 4.09. The number of halogens is 1.